The van der Waals surface area contributed by atoms with E-state index in [0.717, 1.165) is 4.90 Å². The van der Waals surface area contributed by atoms with Gasteiger partial charge in [-0.3, -0.25) is 9.59 Å². The Hall–Kier alpha value is -1.39. The molecule has 0 radical (unpaired) electrons. The van der Waals surface area contributed by atoms with Crippen LogP contribution in [0.15, 0.2) is 0 Å². The first kappa shape index (κ1) is 14.7. The van der Waals surface area contributed by atoms with Gasteiger partial charge in [-0.25, -0.2) is 9.69 Å². The summed E-state index contributed by atoms with van der Waals surface area (Å²) in [6.07, 6.45) is -0.635. The molecule has 5 nitrogen and oxygen atoms in total. The van der Waals surface area contributed by atoms with E-state index in [0.29, 0.717) is 0 Å². The van der Waals surface area contributed by atoms with Gasteiger partial charge in [-0.2, -0.15) is 0 Å². The highest BCUT2D eigenvalue weighted by molar-refractivity contribution is 6.06. The van der Waals surface area contributed by atoms with Gasteiger partial charge in [0.1, 0.15) is 11.4 Å². The fraction of sp³-hybridized carbons (Fsp3) is 0.769. The maximum Gasteiger partial charge on any atom is 0.417 e. The minimum absolute atomic E-state index is 0.0331. The number of ether oxygens (including phenoxy) is 1. The molecule has 5 heteroatoms. The van der Waals surface area contributed by atoms with Crippen LogP contribution in [0.25, 0.3) is 0 Å². The number of imide groups is 1. The Morgan fingerprint density at radius 1 is 1.33 bits per heavy atom. The van der Waals surface area contributed by atoms with Gasteiger partial charge in [0.15, 0.2) is 0 Å². The van der Waals surface area contributed by atoms with Gasteiger partial charge in [0.25, 0.3) is 0 Å². The van der Waals surface area contributed by atoms with E-state index in [-0.39, 0.29) is 24.5 Å². The fourth-order valence-corrected chi connectivity index (χ4v) is 1.92. The Balaban J connectivity index is 2.91. The standard InChI is InChI=1S/C13H21NO4/c1-8(2)10-6-9(15)7-11(16)14(10)12(17)18-13(3,4)5/h8,10H,6-7H2,1-5H3/t10-/m1/s1. The SMILES string of the molecule is CC(C)[C@H]1CC(=O)CC(=O)N1C(=O)OC(C)(C)C. The summed E-state index contributed by atoms with van der Waals surface area (Å²) in [6, 6.07) is -0.395. The molecule has 0 saturated carbocycles. The van der Waals surface area contributed by atoms with Crippen LogP contribution in [-0.4, -0.2) is 34.3 Å². The number of carbonyl (C=O) groups is 3. The summed E-state index contributed by atoms with van der Waals surface area (Å²) in [5.74, 6) is -0.538. The molecule has 0 aromatic carbocycles. The largest absolute Gasteiger partial charge is 0.443 e. The zero-order chi connectivity index (χ0) is 14.1. The summed E-state index contributed by atoms with van der Waals surface area (Å²) in [6.45, 7) is 9.00. The van der Waals surface area contributed by atoms with E-state index in [1.807, 2.05) is 13.8 Å². The van der Waals surface area contributed by atoms with Gasteiger partial charge in [0, 0.05) is 6.42 Å². The van der Waals surface area contributed by atoms with Gasteiger partial charge in [-0.15, -0.1) is 0 Å². The van der Waals surface area contributed by atoms with Gasteiger partial charge in [0.2, 0.25) is 5.91 Å². The van der Waals surface area contributed by atoms with Crippen molar-refractivity contribution >= 4 is 17.8 Å². The summed E-state index contributed by atoms with van der Waals surface area (Å²) >= 11 is 0. The minimum atomic E-state index is -0.654. The highest BCUT2D eigenvalue weighted by Crippen LogP contribution is 2.24. The molecule has 1 heterocycles. The summed E-state index contributed by atoms with van der Waals surface area (Å²) < 4.78 is 5.22. The van der Waals surface area contributed by atoms with E-state index in [2.05, 4.69) is 0 Å². The topological polar surface area (TPSA) is 63.7 Å². The Bertz CT molecular complexity index is 368. The molecule has 0 unspecified atom stereocenters. The Kier molecular flexibility index (Phi) is 4.14. The quantitative estimate of drug-likeness (QED) is 0.673. The first-order chi connectivity index (χ1) is 8.11. The summed E-state index contributed by atoms with van der Waals surface area (Å²) in [5.41, 5.74) is -0.652. The van der Waals surface area contributed by atoms with Crippen LogP contribution in [0.4, 0.5) is 4.79 Å². The van der Waals surface area contributed by atoms with Gasteiger partial charge < -0.3 is 4.74 Å². The zero-order valence-corrected chi connectivity index (χ0v) is 11.6. The molecule has 2 amide bonds. The van der Waals surface area contributed by atoms with Crippen molar-refractivity contribution in [1.82, 2.24) is 4.90 Å². The van der Waals surface area contributed by atoms with Crippen molar-refractivity contribution in [2.75, 3.05) is 0 Å². The Morgan fingerprint density at radius 3 is 2.33 bits per heavy atom. The Morgan fingerprint density at radius 2 is 1.89 bits per heavy atom. The van der Waals surface area contributed by atoms with Crippen molar-refractivity contribution in [1.29, 1.82) is 0 Å². The monoisotopic (exact) mass is 255 g/mol. The van der Waals surface area contributed by atoms with Gasteiger partial charge >= 0.3 is 6.09 Å². The van der Waals surface area contributed by atoms with Crippen LogP contribution >= 0.6 is 0 Å². The van der Waals surface area contributed by atoms with Gasteiger partial charge in [0.05, 0.1) is 12.5 Å². The lowest BCUT2D eigenvalue weighted by Crippen LogP contribution is -2.53. The van der Waals surface area contributed by atoms with E-state index in [9.17, 15) is 14.4 Å². The third-order valence-electron chi connectivity index (χ3n) is 2.75. The van der Waals surface area contributed by atoms with Crippen LogP contribution in [0.1, 0.15) is 47.5 Å². The number of likely N-dealkylation sites (tertiary alicyclic amines) is 1. The van der Waals surface area contributed by atoms with Crippen LogP contribution in [0.5, 0.6) is 0 Å². The molecule has 1 atom stereocenters. The first-order valence-electron chi connectivity index (χ1n) is 6.18. The van der Waals surface area contributed by atoms with Crippen molar-refractivity contribution in [3.8, 4) is 0 Å². The van der Waals surface area contributed by atoms with Crippen molar-refractivity contribution in [2.24, 2.45) is 5.92 Å². The second-order valence-corrected chi connectivity index (χ2v) is 5.98. The highest BCUT2D eigenvalue weighted by atomic mass is 16.6. The molecule has 102 valence electrons. The van der Waals surface area contributed by atoms with Crippen molar-refractivity contribution < 1.29 is 19.1 Å². The second kappa shape index (κ2) is 5.08. The molecule has 0 bridgehead atoms. The molecular weight excluding hydrogens is 234 g/mol. The van der Waals surface area contributed by atoms with Crippen molar-refractivity contribution in [3.63, 3.8) is 0 Å². The summed E-state index contributed by atoms with van der Waals surface area (Å²) in [4.78, 5) is 36.4. The molecular formula is C13H21NO4. The number of nitrogens with zero attached hydrogens (tertiary/aromatic N) is 1. The average molecular weight is 255 g/mol. The van der Waals surface area contributed by atoms with Gasteiger partial charge in [-0.1, -0.05) is 13.8 Å². The predicted molar refractivity (Wildman–Crippen MR) is 65.9 cm³/mol. The number of Topliss-reactive ketones (excluding diaryl/α,β-unsaturated/α-hetero) is 1. The highest BCUT2D eigenvalue weighted by Gasteiger charge is 2.40. The maximum absolute atomic E-state index is 12.0. The van der Waals surface area contributed by atoms with Gasteiger partial charge in [-0.05, 0) is 26.7 Å². The Labute approximate surface area is 107 Å². The minimum Gasteiger partial charge on any atom is -0.443 e. The van der Waals surface area contributed by atoms with Crippen molar-refractivity contribution in [3.05, 3.63) is 0 Å². The molecule has 18 heavy (non-hydrogen) atoms. The second-order valence-electron chi connectivity index (χ2n) is 5.98. The summed E-state index contributed by atoms with van der Waals surface area (Å²) in [5, 5.41) is 0. The number of rotatable bonds is 1. The zero-order valence-electron chi connectivity index (χ0n) is 11.6. The lowest BCUT2D eigenvalue weighted by Gasteiger charge is -2.36. The summed E-state index contributed by atoms with van der Waals surface area (Å²) in [7, 11) is 0. The fourth-order valence-electron chi connectivity index (χ4n) is 1.92. The molecule has 1 rings (SSSR count). The number of ketones is 1. The van der Waals surface area contributed by atoms with E-state index < -0.39 is 23.6 Å². The molecule has 1 fully saturated rings. The predicted octanol–water partition coefficient (Wildman–Crippen LogP) is 2.14. The average Bonchev–Trinajstić information content (AvgIpc) is 2.12. The lowest BCUT2D eigenvalue weighted by molar-refractivity contribution is -0.142. The van der Waals surface area contributed by atoms with E-state index in [4.69, 9.17) is 4.74 Å². The molecule has 0 N–H and O–H groups in total. The molecule has 0 aromatic rings. The maximum atomic E-state index is 12.0. The third-order valence-corrected chi connectivity index (χ3v) is 2.75. The molecule has 1 saturated heterocycles. The van der Waals surface area contributed by atoms with E-state index in [1.54, 1.807) is 20.8 Å². The van der Waals surface area contributed by atoms with Crippen LogP contribution in [0, 0.1) is 5.92 Å². The third kappa shape index (κ3) is 3.55. The van der Waals surface area contributed by atoms with Crippen molar-refractivity contribution in [2.45, 2.75) is 59.1 Å². The number of piperidine rings is 1. The first-order valence-corrected chi connectivity index (χ1v) is 6.18. The van der Waals surface area contributed by atoms with Crippen LogP contribution in [0.2, 0.25) is 0 Å². The molecule has 1 aliphatic rings. The molecule has 0 spiro atoms. The van der Waals surface area contributed by atoms with Crippen LogP contribution in [0.3, 0.4) is 0 Å². The molecule has 1 aliphatic heterocycles. The smallest absolute Gasteiger partial charge is 0.417 e. The number of hydrogen-bond acceptors (Lipinski definition) is 4. The number of carbonyl (C=O) groups excluding carboxylic acids is 3. The lowest BCUT2D eigenvalue weighted by atomic mass is 9.92. The molecule has 0 aliphatic carbocycles. The van der Waals surface area contributed by atoms with E-state index in [1.165, 1.54) is 0 Å². The van der Waals surface area contributed by atoms with Crippen LogP contribution in [-0.2, 0) is 14.3 Å². The number of amides is 2. The molecule has 0 aromatic heterocycles. The number of hydrogen-bond donors (Lipinski definition) is 0. The van der Waals surface area contributed by atoms with E-state index >= 15 is 0 Å². The van der Waals surface area contributed by atoms with Crippen LogP contribution < -0.4 is 0 Å². The normalized spacial score (nSPS) is 21.4.